The largest absolute Gasteiger partial charge is 0.421 e. The Morgan fingerprint density at radius 2 is 1.57 bits per heavy atom. The van der Waals surface area contributed by atoms with E-state index < -0.39 is 10.9 Å². The van der Waals surface area contributed by atoms with E-state index in [2.05, 4.69) is 0 Å². The highest BCUT2D eigenvalue weighted by Crippen LogP contribution is 2.53. The summed E-state index contributed by atoms with van der Waals surface area (Å²) in [6, 6.07) is 11.4. The van der Waals surface area contributed by atoms with Gasteiger partial charge >= 0.3 is 5.97 Å². The summed E-state index contributed by atoms with van der Waals surface area (Å²) in [5.41, 5.74) is 0.208. The number of nitrogens with zero attached hydrogens (tertiary/aromatic N) is 2. The molecule has 1 aliphatic heterocycles. The molecule has 2 aromatic carbocycles. The first kappa shape index (κ1) is 18.2. The minimum absolute atomic E-state index is 0.0799. The number of anilines is 1. The fourth-order valence-electron chi connectivity index (χ4n) is 4.75. The van der Waals surface area contributed by atoms with Crippen LogP contribution in [-0.4, -0.2) is 22.7 Å². The van der Waals surface area contributed by atoms with Crippen LogP contribution in [0.15, 0.2) is 60.7 Å². The molecule has 0 radical (unpaired) electrons. The lowest BCUT2D eigenvalue weighted by atomic mass is 9.85. The number of para-hydroxylation sites is 2. The zero-order valence-corrected chi connectivity index (χ0v) is 15.6. The van der Waals surface area contributed by atoms with Crippen molar-refractivity contribution in [3.8, 4) is 5.75 Å². The molecule has 3 aliphatic rings. The molecule has 2 aliphatic carbocycles. The van der Waals surface area contributed by atoms with Crippen molar-refractivity contribution in [1.29, 1.82) is 0 Å². The van der Waals surface area contributed by atoms with Crippen molar-refractivity contribution in [2.24, 2.45) is 23.7 Å². The summed E-state index contributed by atoms with van der Waals surface area (Å²) in [5, 5.41) is 10.8. The summed E-state index contributed by atoms with van der Waals surface area (Å²) in [6.07, 6.45) is 4.86. The number of nitro groups is 1. The molecule has 8 nitrogen and oxygen atoms in total. The van der Waals surface area contributed by atoms with Gasteiger partial charge < -0.3 is 4.74 Å². The lowest BCUT2D eigenvalue weighted by Gasteiger charge is -2.20. The summed E-state index contributed by atoms with van der Waals surface area (Å²) in [6.45, 7) is 0. The van der Waals surface area contributed by atoms with Crippen molar-refractivity contribution < 1.29 is 24.0 Å². The van der Waals surface area contributed by atoms with Crippen LogP contribution in [0.25, 0.3) is 0 Å². The molecule has 4 atom stereocenters. The van der Waals surface area contributed by atoms with Crippen molar-refractivity contribution in [3.05, 3.63) is 76.4 Å². The van der Waals surface area contributed by atoms with Gasteiger partial charge in [0.1, 0.15) is 0 Å². The Hall–Kier alpha value is -3.81. The van der Waals surface area contributed by atoms with E-state index in [-0.39, 0.29) is 58.2 Å². The lowest BCUT2D eigenvalue weighted by Crippen LogP contribution is -2.33. The molecule has 1 saturated carbocycles. The minimum Gasteiger partial charge on any atom is -0.421 e. The summed E-state index contributed by atoms with van der Waals surface area (Å²) in [7, 11) is 0. The van der Waals surface area contributed by atoms with E-state index in [4.69, 9.17) is 4.74 Å². The number of allylic oxidation sites excluding steroid dienone is 2. The topological polar surface area (TPSA) is 107 Å². The van der Waals surface area contributed by atoms with Gasteiger partial charge in [0.25, 0.3) is 5.69 Å². The van der Waals surface area contributed by atoms with Gasteiger partial charge in [-0.2, -0.15) is 0 Å². The van der Waals surface area contributed by atoms with Crippen LogP contribution < -0.4 is 9.64 Å². The van der Waals surface area contributed by atoms with Gasteiger partial charge in [-0.1, -0.05) is 24.3 Å². The molecule has 2 aromatic rings. The number of benzene rings is 2. The van der Waals surface area contributed by atoms with Crippen molar-refractivity contribution in [2.45, 2.75) is 6.42 Å². The summed E-state index contributed by atoms with van der Waals surface area (Å²) >= 11 is 0. The van der Waals surface area contributed by atoms with Crippen LogP contribution in [0.1, 0.15) is 16.8 Å². The number of imide groups is 1. The van der Waals surface area contributed by atoms with Crippen LogP contribution in [0.3, 0.4) is 0 Å². The van der Waals surface area contributed by atoms with E-state index >= 15 is 0 Å². The standard InChI is InChI=1S/C22H16N2O6/c25-20-18-13-5-6-14(11-13)19(18)21(26)23(20)16-3-1-2-4-17(16)30-22(27)12-7-9-15(10-8-12)24(28)29/h1-10,13-14,18-19H,11H2/t13-,14-,18+,19+/m1/s1. The maximum absolute atomic E-state index is 13.1. The molecule has 2 bridgehead atoms. The van der Waals surface area contributed by atoms with Crippen molar-refractivity contribution >= 4 is 29.2 Å². The van der Waals surface area contributed by atoms with Gasteiger partial charge in [0.05, 0.1) is 28.0 Å². The molecule has 2 amide bonds. The van der Waals surface area contributed by atoms with E-state index in [0.29, 0.717) is 0 Å². The van der Waals surface area contributed by atoms with Gasteiger partial charge in [-0.25, -0.2) is 9.69 Å². The number of carbonyl (C=O) groups excluding carboxylic acids is 3. The number of ether oxygens (including phenoxy) is 1. The molecule has 150 valence electrons. The molecule has 1 heterocycles. The Bertz CT molecular complexity index is 1090. The molecule has 30 heavy (non-hydrogen) atoms. The number of fused-ring (bicyclic) bond motifs is 5. The number of non-ortho nitro benzene ring substituents is 1. The summed E-state index contributed by atoms with van der Waals surface area (Å²) in [5.74, 6) is -1.73. The number of hydrogen-bond acceptors (Lipinski definition) is 6. The SMILES string of the molecule is O=C(Oc1ccccc1N1C(=O)[C@@H]2[C@@H](C1=O)[C@@H]1C=C[C@@H]2C1)c1ccc([N+](=O)[O-])cc1. The normalized spacial score (nSPS) is 26.2. The predicted molar refractivity (Wildman–Crippen MR) is 105 cm³/mol. The Balaban J connectivity index is 1.42. The first-order valence-electron chi connectivity index (χ1n) is 9.57. The van der Waals surface area contributed by atoms with Crippen LogP contribution in [0.5, 0.6) is 5.75 Å². The Kier molecular flexibility index (Phi) is 4.02. The van der Waals surface area contributed by atoms with Crippen LogP contribution in [0.4, 0.5) is 11.4 Å². The highest BCUT2D eigenvalue weighted by Gasteiger charge is 2.59. The lowest BCUT2D eigenvalue weighted by molar-refractivity contribution is -0.384. The number of rotatable bonds is 4. The molecule has 0 unspecified atom stereocenters. The highest BCUT2D eigenvalue weighted by molar-refractivity contribution is 6.23. The van der Waals surface area contributed by atoms with E-state index in [0.717, 1.165) is 11.3 Å². The van der Waals surface area contributed by atoms with Crippen LogP contribution >= 0.6 is 0 Å². The molecule has 0 spiro atoms. The van der Waals surface area contributed by atoms with Gasteiger partial charge in [-0.05, 0) is 42.5 Å². The molecule has 0 N–H and O–H groups in total. The minimum atomic E-state index is -0.738. The van der Waals surface area contributed by atoms with E-state index in [1.54, 1.807) is 18.2 Å². The zero-order valence-electron chi connectivity index (χ0n) is 15.6. The number of amides is 2. The Morgan fingerprint density at radius 1 is 0.967 bits per heavy atom. The highest BCUT2D eigenvalue weighted by atomic mass is 16.6. The summed E-state index contributed by atoms with van der Waals surface area (Å²) < 4.78 is 5.46. The molecule has 1 saturated heterocycles. The van der Waals surface area contributed by atoms with E-state index in [1.165, 1.54) is 30.3 Å². The second-order valence-electron chi connectivity index (χ2n) is 7.67. The maximum Gasteiger partial charge on any atom is 0.343 e. The quantitative estimate of drug-likeness (QED) is 0.194. The third-order valence-electron chi connectivity index (χ3n) is 6.09. The predicted octanol–water partition coefficient (Wildman–Crippen LogP) is 3.13. The molecular formula is C22H16N2O6. The van der Waals surface area contributed by atoms with Crippen molar-refractivity contribution in [2.75, 3.05) is 4.90 Å². The van der Waals surface area contributed by atoms with Crippen LogP contribution in [0.2, 0.25) is 0 Å². The smallest absolute Gasteiger partial charge is 0.343 e. The van der Waals surface area contributed by atoms with Crippen LogP contribution in [-0.2, 0) is 9.59 Å². The molecular weight excluding hydrogens is 388 g/mol. The van der Waals surface area contributed by atoms with Gasteiger partial charge in [-0.3, -0.25) is 19.7 Å². The Labute approximate surface area is 170 Å². The number of carbonyl (C=O) groups is 3. The first-order chi connectivity index (χ1) is 14.5. The molecule has 5 rings (SSSR count). The zero-order chi connectivity index (χ0) is 21.0. The monoisotopic (exact) mass is 404 g/mol. The maximum atomic E-state index is 13.1. The van der Waals surface area contributed by atoms with Crippen molar-refractivity contribution in [3.63, 3.8) is 0 Å². The fourth-order valence-corrected chi connectivity index (χ4v) is 4.75. The molecule has 0 aromatic heterocycles. The fraction of sp³-hybridized carbons (Fsp3) is 0.227. The number of hydrogen-bond donors (Lipinski definition) is 0. The van der Waals surface area contributed by atoms with E-state index in [1.807, 2.05) is 12.2 Å². The number of esters is 1. The van der Waals surface area contributed by atoms with E-state index in [9.17, 15) is 24.5 Å². The Morgan fingerprint density at radius 3 is 2.17 bits per heavy atom. The second kappa shape index (κ2) is 6.62. The third kappa shape index (κ3) is 2.64. The average molecular weight is 404 g/mol. The second-order valence-corrected chi connectivity index (χ2v) is 7.67. The van der Waals surface area contributed by atoms with Gasteiger partial charge in [0.2, 0.25) is 11.8 Å². The molecule has 8 heteroatoms. The summed E-state index contributed by atoms with van der Waals surface area (Å²) in [4.78, 5) is 50.0. The number of nitro benzene ring substituents is 1. The third-order valence-corrected chi connectivity index (χ3v) is 6.09. The van der Waals surface area contributed by atoms with Gasteiger partial charge in [0.15, 0.2) is 5.75 Å². The average Bonchev–Trinajstić information content (AvgIpc) is 3.42. The first-order valence-corrected chi connectivity index (χ1v) is 9.57. The van der Waals surface area contributed by atoms with Crippen LogP contribution in [0, 0.1) is 33.8 Å². The van der Waals surface area contributed by atoms with Crippen molar-refractivity contribution in [1.82, 2.24) is 0 Å². The van der Waals surface area contributed by atoms with Gasteiger partial charge in [-0.15, -0.1) is 0 Å². The molecule has 2 fully saturated rings. The van der Waals surface area contributed by atoms with Gasteiger partial charge in [0, 0.05) is 12.1 Å².